The highest BCUT2D eigenvalue weighted by Crippen LogP contribution is 2.44. The maximum atomic E-state index is 11.9. The molecule has 0 amide bonds. The van der Waals surface area contributed by atoms with Crippen LogP contribution in [0.2, 0.25) is 5.82 Å². The van der Waals surface area contributed by atoms with E-state index in [-0.39, 0.29) is 30.1 Å². The highest BCUT2D eigenvalue weighted by molar-refractivity contribution is 6.48. The molecule has 21 heavy (non-hydrogen) atoms. The van der Waals surface area contributed by atoms with E-state index < -0.39 is 0 Å². The molecule has 0 saturated carbocycles. The number of hydrogen-bond donors (Lipinski definition) is 0. The fraction of sp³-hybridized carbons (Fsp3) is 0.938. The minimum Gasteiger partial charge on any atom is -0.466 e. The molecule has 1 fully saturated rings. The van der Waals surface area contributed by atoms with Crippen molar-refractivity contribution in [1.29, 1.82) is 0 Å². The molecule has 4 nitrogen and oxygen atoms in total. The average Bonchev–Trinajstić information content (AvgIpc) is 2.59. The summed E-state index contributed by atoms with van der Waals surface area (Å²) in [6, 6.07) is 0. The van der Waals surface area contributed by atoms with Gasteiger partial charge in [-0.05, 0) is 40.5 Å². The van der Waals surface area contributed by atoms with Crippen LogP contribution >= 0.6 is 0 Å². The Labute approximate surface area is 130 Å². The topological polar surface area (TPSA) is 44.8 Å². The first-order valence-corrected chi connectivity index (χ1v) is 8.19. The first-order chi connectivity index (χ1) is 9.68. The molecule has 0 spiro atoms. The minimum absolute atomic E-state index is 0.0418. The number of hydrogen-bond acceptors (Lipinski definition) is 4. The van der Waals surface area contributed by atoms with Crippen molar-refractivity contribution in [3.05, 3.63) is 0 Å². The van der Waals surface area contributed by atoms with E-state index in [0.29, 0.717) is 18.9 Å². The molecule has 0 unspecified atom stereocenters. The van der Waals surface area contributed by atoms with Gasteiger partial charge < -0.3 is 14.0 Å². The Hall–Kier alpha value is -0.545. The quantitative estimate of drug-likeness (QED) is 0.529. The number of ether oxygens (including phenoxy) is 1. The Morgan fingerprint density at radius 1 is 1.05 bits per heavy atom. The molecule has 122 valence electrons. The molecule has 0 aliphatic carbocycles. The summed E-state index contributed by atoms with van der Waals surface area (Å²) in [4.78, 5) is 11.9. The molecule has 1 aliphatic rings. The molecule has 5 heteroatoms. The molecule has 1 heterocycles. The summed E-state index contributed by atoms with van der Waals surface area (Å²) in [5, 5.41) is 0. The summed E-state index contributed by atoms with van der Waals surface area (Å²) < 4.78 is 17.4. The molecule has 1 aliphatic heterocycles. The van der Waals surface area contributed by atoms with Gasteiger partial charge in [-0.25, -0.2) is 0 Å². The van der Waals surface area contributed by atoms with Gasteiger partial charge in [-0.3, -0.25) is 4.79 Å². The molecular weight excluding hydrogens is 267 g/mol. The predicted molar refractivity (Wildman–Crippen MR) is 85.2 cm³/mol. The maximum absolute atomic E-state index is 11.9. The molecule has 1 rings (SSSR count). The van der Waals surface area contributed by atoms with Crippen molar-refractivity contribution in [2.75, 3.05) is 6.61 Å². The first kappa shape index (κ1) is 18.5. The smallest absolute Gasteiger partial charge is 0.462 e. The van der Waals surface area contributed by atoms with Crippen LogP contribution in [-0.4, -0.2) is 30.9 Å². The third-order valence-electron chi connectivity index (χ3n) is 4.98. The van der Waals surface area contributed by atoms with Crippen molar-refractivity contribution in [3.63, 3.8) is 0 Å². The Bertz CT molecular complexity index is 334. The first-order valence-electron chi connectivity index (χ1n) is 8.19. The summed E-state index contributed by atoms with van der Waals surface area (Å²) in [5.41, 5.74) is -0.729. The van der Waals surface area contributed by atoms with Crippen LogP contribution in [0.3, 0.4) is 0 Å². The lowest BCUT2D eigenvalue weighted by atomic mass is 9.62. The number of rotatable bonds is 7. The Morgan fingerprint density at radius 2 is 1.52 bits per heavy atom. The van der Waals surface area contributed by atoms with Crippen molar-refractivity contribution in [3.8, 4) is 0 Å². The normalized spacial score (nSPS) is 21.6. The highest BCUT2D eigenvalue weighted by atomic mass is 16.7. The average molecular weight is 298 g/mol. The van der Waals surface area contributed by atoms with Gasteiger partial charge in [0, 0.05) is 12.2 Å². The van der Waals surface area contributed by atoms with Crippen LogP contribution in [0.5, 0.6) is 0 Å². The lowest BCUT2D eigenvalue weighted by molar-refractivity contribution is -0.143. The van der Waals surface area contributed by atoms with Gasteiger partial charge in [-0.1, -0.05) is 26.7 Å². The molecule has 0 aromatic heterocycles. The van der Waals surface area contributed by atoms with Gasteiger partial charge in [-0.15, -0.1) is 0 Å². The molecular formula is C16H31BO4. The van der Waals surface area contributed by atoms with Crippen molar-refractivity contribution < 1.29 is 18.8 Å². The molecule has 0 aromatic carbocycles. The van der Waals surface area contributed by atoms with E-state index >= 15 is 0 Å². The van der Waals surface area contributed by atoms with Gasteiger partial charge in [0.15, 0.2) is 0 Å². The van der Waals surface area contributed by atoms with Crippen molar-refractivity contribution in [2.45, 2.75) is 84.7 Å². The van der Waals surface area contributed by atoms with Gasteiger partial charge in [0.05, 0.1) is 17.8 Å². The van der Waals surface area contributed by atoms with E-state index in [1.54, 1.807) is 0 Å². The van der Waals surface area contributed by atoms with Gasteiger partial charge in [-0.2, -0.15) is 0 Å². The van der Waals surface area contributed by atoms with Gasteiger partial charge >= 0.3 is 13.1 Å². The summed E-state index contributed by atoms with van der Waals surface area (Å²) in [7, 11) is -0.343. The summed E-state index contributed by atoms with van der Waals surface area (Å²) in [6.07, 6.45) is 2.37. The lowest BCUT2D eigenvalue weighted by Gasteiger charge is -2.32. The van der Waals surface area contributed by atoms with Gasteiger partial charge in [0.1, 0.15) is 0 Å². The second-order valence-electron chi connectivity index (χ2n) is 6.87. The van der Waals surface area contributed by atoms with E-state index in [1.165, 1.54) is 0 Å². The largest absolute Gasteiger partial charge is 0.466 e. The van der Waals surface area contributed by atoms with E-state index in [9.17, 15) is 4.79 Å². The predicted octanol–water partition coefficient (Wildman–Crippen LogP) is 3.84. The monoisotopic (exact) mass is 298 g/mol. The number of esters is 1. The van der Waals surface area contributed by atoms with Gasteiger partial charge in [0.25, 0.3) is 0 Å². The number of carbonyl (C=O) groups excluding carboxylic acids is 1. The third kappa shape index (κ3) is 4.23. The van der Waals surface area contributed by atoms with E-state index in [0.717, 1.165) is 12.8 Å². The second kappa shape index (κ2) is 7.14. The van der Waals surface area contributed by atoms with E-state index in [1.807, 2.05) is 34.6 Å². The molecule has 1 saturated heterocycles. The zero-order valence-corrected chi connectivity index (χ0v) is 14.7. The van der Waals surface area contributed by atoms with Gasteiger partial charge in [0.2, 0.25) is 0 Å². The number of carbonyl (C=O) groups is 1. The van der Waals surface area contributed by atoms with Crippen molar-refractivity contribution in [2.24, 2.45) is 5.92 Å². The van der Waals surface area contributed by atoms with Crippen LogP contribution in [0.15, 0.2) is 0 Å². The Kier molecular flexibility index (Phi) is 6.29. The molecule has 0 bridgehead atoms. The lowest BCUT2D eigenvalue weighted by Crippen LogP contribution is -2.41. The minimum atomic E-state index is -0.364. The highest BCUT2D eigenvalue weighted by Gasteiger charge is 2.54. The van der Waals surface area contributed by atoms with Crippen LogP contribution in [0.4, 0.5) is 0 Å². The van der Waals surface area contributed by atoms with Crippen LogP contribution in [-0.2, 0) is 18.8 Å². The van der Waals surface area contributed by atoms with E-state index in [2.05, 4.69) is 13.8 Å². The third-order valence-corrected chi connectivity index (χ3v) is 4.98. The maximum Gasteiger partial charge on any atom is 0.462 e. The molecule has 0 N–H and O–H groups in total. The van der Waals surface area contributed by atoms with Crippen LogP contribution < -0.4 is 0 Å². The SMILES string of the molecule is CCOC(=O)C[C@H](B1OC(C)(C)C(C)(C)O1)C(CC)CC. The summed E-state index contributed by atoms with van der Waals surface area (Å²) in [5.74, 6) is 0.272. The van der Waals surface area contributed by atoms with Crippen LogP contribution in [0.1, 0.15) is 67.7 Å². The zero-order valence-electron chi connectivity index (χ0n) is 14.7. The van der Waals surface area contributed by atoms with Crippen molar-refractivity contribution in [1.82, 2.24) is 0 Å². The fourth-order valence-corrected chi connectivity index (χ4v) is 2.86. The van der Waals surface area contributed by atoms with Crippen LogP contribution in [0.25, 0.3) is 0 Å². The molecule has 1 atom stereocenters. The summed E-state index contributed by atoms with van der Waals surface area (Å²) in [6.45, 7) is 14.7. The molecule has 0 radical (unpaired) electrons. The Balaban J connectivity index is 2.90. The Morgan fingerprint density at radius 3 is 1.90 bits per heavy atom. The van der Waals surface area contributed by atoms with Crippen molar-refractivity contribution >= 4 is 13.1 Å². The second-order valence-corrected chi connectivity index (χ2v) is 6.87. The fourth-order valence-electron chi connectivity index (χ4n) is 2.86. The summed E-state index contributed by atoms with van der Waals surface area (Å²) >= 11 is 0. The van der Waals surface area contributed by atoms with Crippen LogP contribution in [0, 0.1) is 5.92 Å². The molecule has 0 aromatic rings. The standard InChI is InChI=1S/C16H31BO4/c1-8-12(9-2)13(11-14(18)19-10-3)17-20-15(4,5)16(6,7)21-17/h12-13H,8-11H2,1-7H3/t13-/m0/s1. The van der Waals surface area contributed by atoms with E-state index in [4.69, 9.17) is 14.0 Å². The zero-order chi connectivity index (χ0) is 16.3.